The summed E-state index contributed by atoms with van der Waals surface area (Å²) in [5.74, 6) is 0.791. The van der Waals surface area contributed by atoms with Crippen molar-refractivity contribution in [2.24, 2.45) is 10.1 Å². The molecule has 10 heteroatoms. The van der Waals surface area contributed by atoms with Gasteiger partial charge in [0.15, 0.2) is 11.5 Å². The minimum Gasteiger partial charge on any atom is -0.454 e. The zero-order chi connectivity index (χ0) is 21.1. The monoisotopic (exact) mass is 486 g/mol. The van der Waals surface area contributed by atoms with Crippen LogP contribution in [0.4, 0.5) is 5.69 Å². The Morgan fingerprint density at radius 1 is 1.30 bits per heavy atom. The number of nitrogens with zero attached hydrogens (tertiary/aromatic N) is 4. The summed E-state index contributed by atoms with van der Waals surface area (Å²) in [6, 6.07) is 10.7. The van der Waals surface area contributed by atoms with Gasteiger partial charge in [0.1, 0.15) is 0 Å². The predicted octanol–water partition coefficient (Wildman–Crippen LogP) is 4.58. The fourth-order valence-electron chi connectivity index (χ4n) is 2.84. The van der Waals surface area contributed by atoms with Gasteiger partial charge in [-0.05, 0) is 18.2 Å². The lowest BCUT2D eigenvalue weighted by Gasteiger charge is -2.05. The van der Waals surface area contributed by atoms with E-state index in [9.17, 15) is 10.1 Å². The first-order chi connectivity index (χ1) is 14.6. The van der Waals surface area contributed by atoms with E-state index in [1.54, 1.807) is 16.8 Å². The smallest absolute Gasteiger partial charge is 0.282 e. The molecule has 30 heavy (non-hydrogen) atoms. The molecule has 1 aliphatic heterocycles. The van der Waals surface area contributed by atoms with Crippen molar-refractivity contribution in [3.8, 4) is 22.8 Å². The molecule has 152 valence electrons. The highest BCUT2D eigenvalue weighted by atomic mass is 79.9. The van der Waals surface area contributed by atoms with Crippen LogP contribution in [0, 0.1) is 10.1 Å². The van der Waals surface area contributed by atoms with Crippen molar-refractivity contribution >= 4 is 39.2 Å². The number of benzene rings is 2. The van der Waals surface area contributed by atoms with Crippen LogP contribution in [-0.4, -0.2) is 29.2 Å². The molecule has 2 heterocycles. The number of thiazole rings is 1. The molecule has 0 saturated carbocycles. The number of halogens is 1. The number of aromatic nitrogens is 1. The van der Waals surface area contributed by atoms with Crippen molar-refractivity contribution < 1.29 is 14.4 Å². The van der Waals surface area contributed by atoms with E-state index in [1.165, 1.54) is 23.6 Å². The molecular formula is C20H15BrN4O4S. The van der Waals surface area contributed by atoms with Gasteiger partial charge < -0.3 is 9.47 Å². The van der Waals surface area contributed by atoms with Gasteiger partial charge >= 0.3 is 0 Å². The fraction of sp³-hybridized carbons (Fsp3) is 0.100. The summed E-state index contributed by atoms with van der Waals surface area (Å²) in [7, 11) is 0. The van der Waals surface area contributed by atoms with E-state index in [0.717, 1.165) is 15.7 Å². The van der Waals surface area contributed by atoms with Gasteiger partial charge in [-0.3, -0.25) is 15.1 Å². The molecule has 4 rings (SSSR count). The van der Waals surface area contributed by atoms with Crippen LogP contribution >= 0.6 is 27.3 Å². The zero-order valence-corrected chi connectivity index (χ0v) is 17.9. The predicted molar refractivity (Wildman–Crippen MR) is 118 cm³/mol. The van der Waals surface area contributed by atoms with E-state index in [-0.39, 0.29) is 12.5 Å². The summed E-state index contributed by atoms with van der Waals surface area (Å²) in [5, 5.41) is 18.0. The minimum absolute atomic E-state index is 0.0317. The summed E-state index contributed by atoms with van der Waals surface area (Å²) in [4.78, 5) is 16.2. The van der Waals surface area contributed by atoms with E-state index >= 15 is 0 Å². The molecule has 0 spiro atoms. The van der Waals surface area contributed by atoms with Gasteiger partial charge in [-0.1, -0.05) is 34.1 Å². The van der Waals surface area contributed by atoms with Gasteiger partial charge in [-0.2, -0.15) is 5.10 Å². The van der Waals surface area contributed by atoms with Gasteiger partial charge in [0, 0.05) is 15.4 Å². The summed E-state index contributed by atoms with van der Waals surface area (Å²) >= 11 is 4.90. The van der Waals surface area contributed by atoms with Crippen LogP contribution in [-0.2, 0) is 0 Å². The SMILES string of the molecule is C=CCN=c1scc(-c2cccc(Br)c2)n1/N=C/c1cc2c(cc1[N+](=O)[O-])OCO2. The largest absolute Gasteiger partial charge is 0.454 e. The van der Waals surface area contributed by atoms with Gasteiger partial charge in [-0.15, -0.1) is 17.9 Å². The Morgan fingerprint density at radius 3 is 2.83 bits per heavy atom. The van der Waals surface area contributed by atoms with E-state index in [4.69, 9.17) is 9.47 Å². The number of nitro groups is 1. The van der Waals surface area contributed by atoms with Crippen LogP contribution in [0.2, 0.25) is 0 Å². The number of fused-ring (bicyclic) bond motifs is 1. The second kappa shape index (κ2) is 8.64. The van der Waals surface area contributed by atoms with Crippen molar-refractivity contribution in [2.45, 2.75) is 0 Å². The van der Waals surface area contributed by atoms with Crippen LogP contribution in [0.25, 0.3) is 11.3 Å². The highest BCUT2D eigenvalue weighted by Crippen LogP contribution is 2.37. The summed E-state index contributed by atoms with van der Waals surface area (Å²) in [5.41, 5.74) is 1.92. The third kappa shape index (κ3) is 4.05. The van der Waals surface area contributed by atoms with E-state index in [0.29, 0.717) is 28.4 Å². The summed E-state index contributed by atoms with van der Waals surface area (Å²) in [6.45, 7) is 4.16. The van der Waals surface area contributed by atoms with Crippen LogP contribution in [0.5, 0.6) is 11.5 Å². The second-order valence-corrected chi connectivity index (χ2v) is 7.87. The Morgan fingerprint density at radius 2 is 2.10 bits per heavy atom. The molecule has 0 saturated heterocycles. The first kappa shape index (κ1) is 20.0. The molecule has 0 amide bonds. The quantitative estimate of drug-likeness (QED) is 0.220. The number of rotatable bonds is 6. The standard InChI is InChI=1S/C20H15BrN4O4S/c1-2-6-22-20-24(17(11-30-20)13-4-3-5-15(21)7-13)23-10-14-8-18-19(29-12-28-18)9-16(14)25(26)27/h2-5,7-11H,1,6,12H2/b22-20?,23-10+. The third-order valence-corrected chi connectivity index (χ3v) is 5.54. The van der Waals surface area contributed by atoms with E-state index in [2.05, 4.69) is 32.6 Å². The lowest BCUT2D eigenvalue weighted by atomic mass is 10.1. The molecule has 1 aromatic heterocycles. The number of nitro benzene ring substituents is 1. The molecule has 0 bridgehead atoms. The first-order valence-electron chi connectivity index (χ1n) is 8.77. The number of ether oxygens (including phenoxy) is 2. The van der Waals surface area contributed by atoms with Crippen molar-refractivity contribution in [2.75, 3.05) is 13.3 Å². The molecule has 0 atom stereocenters. The van der Waals surface area contributed by atoms with Crippen molar-refractivity contribution in [1.82, 2.24) is 4.68 Å². The Hall–Kier alpha value is -3.24. The minimum atomic E-state index is -0.472. The molecular weight excluding hydrogens is 472 g/mol. The van der Waals surface area contributed by atoms with Crippen molar-refractivity contribution in [3.63, 3.8) is 0 Å². The highest BCUT2D eigenvalue weighted by molar-refractivity contribution is 9.10. The Bertz CT molecular complexity index is 1230. The third-order valence-electron chi connectivity index (χ3n) is 4.19. The Labute approximate surface area is 183 Å². The van der Waals surface area contributed by atoms with Crippen molar-refractivity contribution in [3.05, 3.63) is 79.4 Å². The molecule has 0 aliphatic carbocycles. The molecule has 0 unspecified atom stereocenters. The molecule has 8 nitrogen and oxygen atoms in total. The molecule has 0 N–H and O–H groups in total. The maximum Gasteiger partial charge on any atom is 0.282 e. The average Bonchev–Trinajstić information content (AvgIpc) is 3.36. The lowest BCUT2D eigenvalue weighted by Crippen LogP contribution is -2.12. The maximum absolute atomic E-state index is 11.5. The van der Waals surface area contributed by atoms with Crippen LogP contribution in [0.1, 0.15) is 5.56 Å². The Kier molecular flexibility index (Phi) is 5.77. The van der Waals surface area contributed by atoms with Gasteiger partial charge in [-0.25, -0.2) is 4.68 Å². The number of hydrogen-bond donors (Lipinski definition) is 0. The Balaban J connectivity index is 1.83. The zero-order valence-electron chi connectivity index (χ0n) is 15.5. The van der Waals surface area contributed by atoms with Crippen LogP contribution in [0.3, 0.4) is 0 Å². The maximum atomic E-state index is 11.5. The van der Waals surface area contributed by atoms with Crippen LogP contribution in [0.15, 0.2) is 69.0 Å². The van der Waals surface area contributed by atoms with Crippen molar-refractivity contribution in [1.29, 1.82) is 0 Å². The molecule has 1 aliphatic rings. The normalized spacial score (nSPS) is 13.2. The van der Waals surface area contributed by atoms with Gasteiger partial charge in [0.2, 0.25) is 11.6 Å². The summed E-state index contributed by atoms with van der Waals surface area (Å²) in [6.07, 6.45) is 3.12. The van der Waals surface area contributed by atoms with Gasteiger partial charge in [0.05, 0.1) is 35.0 Å². The van der Waals surface area contributed by atoms with Crippen LogP contribution < -0.4 is 14.3 Å². The van der Waals surface area contributed by atoms with E-state index in [1.807, 2.05) is 29.6 Å². The fourth-order valence-corrected chi connectivity index (χ4v) is 4.08. The number of hydrogen-bond acceptors (Lipinski definition) is 7. The topological polar surface area (TPSA) is 91.2 Å². The average molecular weight is 487 g/mol. The first-order valence-corrected chi connectivity index (χ1v) is 10.4. The molecule has 0 fully saturated rings. The van der Waals surface area contributed by atoms with Gasteiger partial charge in [0.25, 0.3) is 5.69 Å². The second-order valence-electron chi connectivity index (χ2n) is 6.12. The lowest BCUT2D eigenvalue weighted by molar-refractivity contribution is -0.385. The molecule has 0 radical (unpaired) electrons. The highest BCUT2D eigenvalue weighted by Gasteiger charge is 2.22. The van der Waals surface area contributed by atoms with E-state index < -0.39 is 4.92 Å². The molecule has 2 aromatic carbocycles. The summed E-state index contributed by atoms with van der Waals surface area (Å²) < 4.78 is 13.2. The molecule has 3 aromatic rings.